The Morgan fingerprint density at radius 2 is 2.06 bits per heavy atom. The number of thiazole rings is 1. The SMILES string of the molecule is CCNC(=NCc1ccc(C(=O)N2CCNC(=O)C2)cc1)NCCc1csc(C)n1.I. The van der Waals surface area contributed by atoms with Gasteiger partial charge in [0, 0.05) is 43.5 Å². The number of hydrogen-bond donors (Lipinski definition) is 3. The predicted octanol–water partition coefficient (Wildman–Crippen LogP) is 1.94. The third kappa shape index (κ3) is 7.76. The molecule has 1 aliphatic rings. The van der Waals surface area contributed by atoms with E-state index in [1.54, 1.807) is 28.4 Å². The molecular weight excluding hydrogens is 527 g/mol. The first-order valence-electron chi connectivity index (χ1n) is 10.1. The van der Waals surface area contributed by atoms with Gasteiger partial charge in [-0.05, 0) is 31.5 Å². The number of benzene rings is 1. The summed E-state index contributed by atoms with van der Waals surface area (Å²) in [6.45, 7) is 7.23. The Hall–Kier alpha value is -2.21. The molecule has 1 aromatic carbocycles. The van der Waals surface area contributed by atoms with E-state index in [-0.39, 0.29) is 42.3 Å². The molecule has 1 aromatic heterocycles. The van der Waals surface area contributed by atoms with Gasteiger partial charge >= 0.3 is 0 Å². The lowest BCUT2D eigenvalue weighted by atomic mass is 10.1. The number of carbonyl (C=O) groups is 2. The van der Waals surface area contributed by atoms with Crippen molar-refractivity contribution in [3.63, 3.8) is 0 Å². The van der Waals surface area contributed by atoms with Crippen LogP contribution < -0.4 is 16.0 Å². The van der Waals surface area contributed by atoms with E-state index in [1.807, 2.05) is 26.0 Å². The lowest BCUT2D eigenvalue weighted by Crippen LogP contribution is -2.49. The van der Waals surface area contributed by atoms with Crippen LogP contribution in [0.3, 0.4) is 0 Å². The number of aryl methyl sites for hydroxylation is 1. The van der Waals surface area contributed by atoms with Crippen molar-refractivity contribution in [2.24, 2.45) is 4.99 Å². The number of aliphatic imine (C=N–C) groups is 1. The largest absolute Gasteiger partial charge is 0.357 e. The summed E-state index contributed by atoms with van der Waals surface area (Å²) in [5, 5.41) is 12.5. The number of nitrogens with one attached hydrogen (secondary N) is 3. The number of piperazine rings is 1. The topological polar surface area (TPSA) is 98.7 Å². The molecule has 0 spiro atoms. The number of amides is 2. The summed E-state index contributed by atoms with van der Waals surface area (Å²) in [5.74, 6) is 0.519. The molecular formula is C21H29IN6O2S. The lowest BCUT2D eigenvalue weighted by molar-refractivity contribution is -0.123. The van der Waals surface area contributed by atoms with Gasteiger partial charge in [0.1, 0.15) is 0 Å². The third-order valence-electron chi connectivity index (χ3n) is 4.63. The van der Waals surface area contributed by atoms with E-state index < -0.39 is 0 Å². The standard InChI is InChI=1S/C21H28N6O2S.HI/c1-3-22-21(24-9-8-18-14-30-15(2)26-18)25-12-16-4-6-17(7-5-16)20(29)27-11-10-23-19(28)13-27;/h4-7,14H,3,8-13H2,1-2H3,(H,23,28)(H2,22,24,25);1H. The zero-order chi connectivity index (χ0) is 21.3. The van der Waals surface area contributed by atoms with Crippen molar-refractivity contribution in [1.29, 1.82) is 0 Å². The highest BCUT2D eigenvalue weighted by Crippen LogP contribution is 2.10. The highest BCUT2D eigenvalue weighted by Gasteiger charge is 2.22. The van der Waals surface area contributed by atoms with Crippen LogP contribution in [-0.4, -0.2) is 60.4 Å². The Labute approximate surface area is 203 Å². The number of hydrogen-bond acceptors (Lipinski definition) is 5. The monoisotopic (exact) mass is 556 g/mol. The van der Waals surface area contributed by atoms with Gasteiger partial charge in [0.2, 0.25) is 5.91 Å². The van der Waals surface area contributed by atoms with E-state index in [9.17, 15) is 9.59 Å². The quantitative estimate of drug-likeness (QED) is 0.275. The summed E-state index contributed by atoms with van der Waals surface area (Å²) in [7, 11) is 0. The average molecular weight is 556 g/mol. The summed E-state index contributed by atoms with van der Waals surface area (Å²) in [6, 6.07) is 7.40. The number of halogens is 1. The summed E-state index contributed by atoms with van der Waals surface area (Å²) < 4.78 is 0. The number of aromatic nitrogens is 1. The molecule has 10 heteroatoms. The van der Waals surface area contributed by atoms with Crippen molar-refractivity contribution in [1.82, 2.24) is 25.8 Å². The molecule has 1 aliphatic heterocycles. The maximum absolute atomic E-state index is 12.5. The van der Waals surface area contributed by atoms with Crippen LogP contribution >= 0.6 is 35.3 Å². The smallest absolute Gasteiger partial charge is 0.254 e. The maximum Gasteiger partial charge on any atom is 0.254 e. The molecule has 1 saturated heterocycles. The van der Waals surface area contributed by atoms with Gasteiger partial charge in [-0.2, -0.15) is 0 Å². The Kier molecular flexibility index (Phi) is 10.2. The fourth-order valence-corrected chi connectivity index (χ4v) is 3.74. The van der Waals surface area contributed by atoms with Crippen LogP contribution in [0.5, 0.6) is 0 Å². The van der Waals surface area contributed by atoms with Crippen molar-refractivity contribution < 1.29 is 9.59 Å². The Bertz CT molecular complexity index is 900. The van der Waals surface area contributed by atoms with Gasteiger partial charge < -0.3 is 20.9 Å². The second-order valence-electron chi connectivity index (χ2n) is 7.00. The third-order valence-corrected chi connectivity index (χ3v) is 5.45. The van der Waals surface area contributed by atoms with E-state index in [2.05, 4.69) is 31.3 Å². The molecule has 8 nitrogen and oxygen atoms in total. The fraction of sp³-hybridized carbons (Fsp3) is 0.429. The minimum atomic E-state index is -0.118. The second-order valence-corrected chi connectivity index (χ2v) is 8.07. The van der Waals surface area contributed by atoms with Crippen LogP contribution in [0.1, 0.15) is 33.5 Å². The molecule has 2 aromatic rings. The normalized spacial score (nSPS) is 13.9. The molecule has 0 radical (unpaired) electrons. The van der Waals surface area contributed by atoms with Crippen LogP contribution in [0.4, 0.5) is 0 Å². The Balaban J connectivity index is 0.00000341. The minimum Gasteiger partial charge on any atom is -0.357 e. The lowest BCUT2D eigenvalue weighted by Gasteiger charge is -2.26. The minimum absolute atomic E-state index is 0. The average Bonchev–Trinajstić information content (AvgIpc) is 3.17. The molecule has 168 valence electrons. The summed E-state index contributed by atoms with van der Waals surface area (Å²) >= 11 is 1.66. The van der Waals surface area contributed by atoms with E-state index in [0.717, 1.165) is 41.7 Å². The molecule has 0 saturated carbocycles. The molecule has 2 amide bonds. The summed E-state index contributed by atoms with van der Waals surface area (Å²) in [5.41, 5.74) is 2.68. The van der Waals surface area contributed by atoms with Crippen molar-refractivity contribution in [2.75, 3.05) is 32.7 Å². The first-order chi connectivity index (χ1) is 14.5. The molecule has 31 heavy (non-hydrogen) atoms. The first kappa shape index (κ1) is 25.1. The molecule has 3 N–H and O–H groups in total. The predicted molar refractivity (Wildman–Crippen MR) is 134 cm³/mol. The van der Waals surface area contributed by atoms with Gasteiger partial charge in [-0.1, -0.05) is 12.1 Å². The van der Waals surface area contributed by atoms with Crippen LogP contribution in [0.15, 0.2) is 34.6 Å². The van der Waals surface area contributed by atoms with Crippen LogP contribution in [-0.2, 0) is 17.8 Å². The number of nitrogens with zero attached hydrogens (tertiary/aromatic N) is 3. The molecule has 0 bridgehead atoms. The van der Waals surface area contributed by atoms with Gasteiger partial charge in [0.05, 0.1) is 23.8 Å². The zero-order valence-corrected chi connectivity index (χ0v) is 21.0. The van der Waals surface area contributed by atoms with E-state index in [4.69, 9.17) is 0 Å². The Morgan fingerprint density at radius 1 is 1.29 bits per heavy atom. The number of rotatable bonds is 7. The molecule has 0 atom stereocenters. The highest BCUT2D eigenvalue weighted by molar-refractivity contribution is 14.0. The zero-order valence-electron chi connectivity index (χ0n) is 17.8. The van der Waals surface area contributed by atoms with E-state index in [0.29, 0.717) is 25.2 Å². The van der Waals surface area contributed by atoms with Gasteiger partial charge in [0.25, 0.3) is 5.91 Å². The molecule has 1 fully saturated rings. The molecule has 0 aliphatic carbocycles. The highest BCUT2D eigenvalue weighted by atomic mass is 127. The molecule has 3 rings (SSSR count). The maximum atomic E-state index is 12.5. The van der Waals surface area contributed by atoms with Crippen molar-refractivity contribution >= 4 is 53.1 Å². The second kappa shape index (κ2) is 12.6. The van der Waals surface area contributed by atoms with Crippen LogP contribution in [0.25, 0.3) is 0 Å². The van der Waals surface area contributed by atoms with Crippen molar-refractivity contribution in [3.8, 4) is 0 Å². The van der Waals surface area contributed by atoms with Gasteiger partial charge in [-0.3, -0.25) is 9.59 Å². The van der Waals surface area contributed by atoms with Gasteiger partial charge in [-0.15, -0.1) is 35.3 Å². The van der Waals surface area contributed by atoms with Crippen molar-refractivity contribution in [3.05, 3.63) is 51.5 Å². The van der Waals surface area contributed by atoms with E-state index in [1.165, 1.54) is 0 Å². The number of guanidine groups is 1. The molecule has 2 heterocycles. The fourth-order valence-electron chi connectivity index (χ4n) is 3.09. The first-order valence-corrected chi connectivity index (χ1v) is 11.0. The van der Waals surface area contributed by atoms with Gasteiger partial charge in [-0.25, -0.2) is 9.98 Å². The number of carbonyl (C=O) groups excluding carboxylic acids is 2. The van der Waals surface area contributed by atoms with Crippen LogP contribution in [0, 0.1) is 6.92 Å². The van der Waals surface area contributed by atoms with Crippen LogP contribution in [0.2, 0.25) is 0 Å². The Morgan fingerprint density at radius 3 is 2.71 bits per heavy atom. The van der Waals surface area contributed by atoms with Gasteiger partial charge in [0.15, 0.2) is 5.96 Å². The summed E-state index contributed by atoms with van der Waals surface area (Å²) in [4.78, 5) is 34.7. The van der Waals surface area contributed by atoms with Crippen molar-refractivity contribution in [2.45, 2.75) is 26.8 Å². The van der Waals surface area contributed by atoms with E-state index >= 15 is 0 Å². The molecule has 0 unspecified atom stereocenters. The summed E-state index contributed by atoms with van der Waals surface area (Å²) in [6.07, 6.45) is 0.847.